The summed E-state index contributed by atoms with van der Waals surface area (Å²) in [5.41, 5.74) is 9.69. The van der Waals surface area contributed by atoms with Crippen LogP contribution >= 0.6 is 0 Å². The molecule has 0 fully saturated rings. The maximum Gasteiger partial charge on any atom is 0.219 e. The van der Waals surface area contributed by atoms with Gasteiger partial charge in [-0.25, -0.2) is 4.98 Å². The number of anilines is 1. The van der Waals surface area contributed by atoms with Gasteiger partial charge in [-0.1, -0.05) is 42.5 Å². The van der Waals surface area contributed by atoms with Gasteiger partial charge in [-0.05, 0) is 65.9 Å². The monoisotopic (exact) mass is 424 g/mol. The minimum absolute atomic E-state index is 0.00620. The van der Waals surface area contributed by atoms with E-state index in [0.717, 1.165) is 46.8 Å². The van der Waals surface area contributed by atoms with Gasteiger partial charge < -0.3 is 19.9 Å². The number of ether oxygens (including phenoxy) is 3. The highest BCUT2D eigenvalue weighted by atomic mass is 16.5. The number of nitrogens with zero attached hydrogens (tertiary/aromatic N) is 1. The van der Waals surface area contributed by atoms with E-state index in [2.05, 4.69) is 29.2 Å². The van der Waals surface area contributed by atoms with E-state index >= 15 is 0 Å². The van der Waals surface area contributed by atoms with Crippen molar-refractivity contribution in [3.63, 3.8) is 0 Å². The predicted octanol–water partition coefficient (Wildman–Crippen LogP) is 6.10. The molecule has 1 aliphatic heterocycles. The number of pyridine rings is 1. The van der Waals surface area contributed by atoms with Gasteiger partial charge in [-0.2, -0.15) is 0 Å². The zero-order valence-electron chi connectivity index (χ0n) is 17.6. The molecule has 0 spiro atoms. The van der Waals surface area contributed by atoms with Crippen molar-refractivity contribution in [3.8, 4) is 23.1 Å². The number of nitrogens with two attached hydrogens (primary N) is 1. The van der Waals surface area contributed by atoms with Crippen LogP contribution in [0.1, 0.15) is 29.2 Å². The molecule has 1 aliphatic rings. The summed E-state index contributed by atoms with van der Waals surface area (Å²) in [5.74, 6) is 2.98. The van der Waals surface area contributed by atoms with Crippen LogP contribution < -0.4 is 19.9 Å². The Bertz CT molecular complexity index is 1190. The first kappa shape index (κ1) is 19.9. The fraction of sp³-hybridized carbons (Fsp3) is 0.148. The lowest BCUT2D eigenvalue weighted by molar-refractivity contribution is 0.175. The molecule has 160 valence electrons. The van der Waals surface area contributed by atoms with Crippen molar-refractivity contribution in [2.24, 2.45) is 0 Å². The van der Waals surface area contributed by atoms with Crippen molar-refractivity contribution in [1.29, 1.82) is 0 Å². The van der Waals surface area contributed by atoms with Crippen molar-refractivity contribution in [3.05, 3.63) is 108 Å². The molecule has 32 heavy (non-hydrogen) atoms. The average molecular weight is 425 g/mol. The van der Waals surface area contributed by atoms with Gasteiger partial charge in [0.15, 0.2) is 0 Å². The second-order valence-corrected chi connectivity index (χ2v) is 7.79. The Morgan fingerprint density at radius 1 is 0.906 bits per heavy atom. The number of benzene rings is 3. The third kappa shape index (κ3) is 4.67. The fourth-order valence-corrected chi connectivity index (χ4v) is 3.78. The molecule has 0 amide bonds. The molecule has 4 aromatic rings. The summed E-state index contributed by atoms with van der Waals surface area (Å²) in [4.78, 5) is 4.19. The molecule has 5 heteroatoms. The van der Waals surface area contributed by atoms with E-state index in [1.807, 2.05) is 48.5 Å². The molecular formula is C27H24N2O3. The Kier molecular flexibility index (Phi) is 5.62. The summed E-state index contributed by atoms with van der Waals surface area (Å²) in [5, 5.41) is 0. The van der Waals surface area contributed by atoms with E-state index in [-0.39, 0.29) is 6.10 Å². The molecule has 3 aromatic carbocycles. The first-order valence-corrected chi connectivity index (χ1v) is 10.7. The maximum absolute atomic E-state index is 6.31. The van der Waals surface area contributed by atoms with Crippen molar-refractivity contribution >= 4 is 5.69 Å². The van der Waals surface area contributed by atoms with Gasteiger partial charge in [-0.15, -0.1) is 0 Å². The second-order valence-electron chi connectivity index (χ2n) is 7.79. The first-order chi connectivity index (χ1) is 15.7. The van der Waals surface area contributed by atoms with Crippen LogP contribution in [-0.2, 0) is 13.0 Å². The van der Waals surface area contributed by atoms with Crippen LogP contribution in [-0.4, -0.2) is 4.98 Å². The van der Waals surface area contributed by atoms with Gasteiger partial charge in [0.1, 0.15) is 30.0 Å². The molecule has 2 heterocycles. The summed E-state index contributed by atoms with van der Waals surface area (Å²) < 4.78 is 18.2. The largest absolute Gasteiger partial charge is 0.489 e. The summed E-state index contributed by atoms with van der Waals surface area (Å²) in [7, 11) is 0. The van der Waals surface area contributed by atoms with Gasteiger partial charge in [-0.3, -0.25) is 0 Å². The number of fused-ring (bicyclic) bond motifs is 1. The zero-order chi connectivity index (χ0) is 21.8. The summed E-state index contributed by atoms with van der Waals surface area (Å²) in [6.45, 7) is 0.546. The SMILES string of the molecule is Nc1ccc(Oc2ccc3c(c2)CCC(c2cccc(OCc4ccccc4)c2)O3)nc1. The van der Waals surface area contributed by atoms with Crippen LogP contribution in [0.15, 0.2) is 91.1 Å². The van der Waals surface area contributed by atoms with Gasteiger partial charge in [0.25, 0.3) is 0 Å². The summed E-state index contributed by atoms with van der Waals surface area (Å²) >= 11 is 0. The third-order valence-electron chi connectivity index (χ3n) is 5.44. The van der Waals surface area contributed by atoms with Crippen LogP contribution in [0.25, 0.3) is 0 Å². The smallest absolute Gasteiger partial charge is 0.219 e. The van der Waals surface area contributed by atoms with Crippen LogP contribution in [0.5, 0.6) is 23.1 Å². The zero-order valence-corrected chi connectivity index (χ0v) is 17.6. The Morgan fingerprint density at radius 2 is 1.81 bits per heavy atom. The molecule has 0 saturated heterocycles. The minimum atomic E-state index is -0.00620. The van der Waals surface area contributed by atoms with Gasteiger partial charge in [0, 0.05) is 6.07 Å². The average Bonchev–Trinajstić information content (AvgIpc) is 2.85. The topological polar surface area (TPSA) is 66.6 Å². The lowest BCUT2D eigenvalue weighted by Crippen LogP contribution is -2.15. The predicted molar refractivity (Wildman–Crippen MR) is 124 cm³/mol. The lowest BCUT2D eigenvalue weighted by Gasteiger charge is -2.27. The summed E-state index contributed by atoms with van der Waals surface area (Å²) in [6, 6.07) is 27.7. The summed E-state index contributed by atoms with van der Waals surface area (Å²) in [6.07, 6.45) is 3.37. The molecule has 0 radical (unpaired) electrons. The quantitative estimate of drug-likeness (QED) is 0.405. The molecule has 1 atom stereocenters. The molecule has 1 aromatic heterocycles. The van der Waals surface area contributed by atoms with E-state index in [9.17, 15) is 0 Å². The molecule has 5 rings (SSSR count). The molecule has 0 aliphatic carbocycles. The number of aromatic nitrogens is 1. The van der Waals surface area contributed by atoms with E-state index in [0.29, 0.717) is 18.2 Å². The molecule has 0 saturated carbocycles. The first-order valence-electron chi connectivity index (χ1n) is 10.7. The highest BCUT2D eigenvalue weighted by Crippen LogP contribution is 2.38. The van der Waals surface area contributed by atoms with Crippen LogP contribution in [0.2, 0.25) is 0 Å². The third-order valence-corrected chi connectivity index (χ3v) is 5.44. The van der Waals surface area contributed by atoms with Gasteiger partial charge >= 0.3 is 0 Å². The van der Waals surface area contributed by atoms with E-state index < -0.39 is 0 Å². The lowest BCUT2D eigenvalue weighted by atomic mass is 9.97. The Hall–Kier alpha value is -3.99. The van der Waals surface area contributed by atoms with E-state index in [1.165, 1.54) is 0 Å². The molecule has 2 N–H and O–H groups in total. The molecule has 1 unspecified atom stereocenters. The highest BCUT2D eigenvalue weighted by molar-refractivity contribution is 5.44. The Balaban J connectivity index is 1.25. The Morgan fingerprint density at radius 3 is 2.66 bits per heavy atom. The van der Waals surface area contributed by atoms with Crippen molar-refractivity contribution in [2.75, 3.05) is 5.73 Å². The van der Waals surface area contributed by atoms with E-state index in [4.69, 9.17) is 19.9 Å². The maximum atomic E-state index is 6.31. The Labute approximate surface area is 187 Å². The number of rotatable bonds is 6. The van der Waals surface area contributed by atoms with Crippen LogP contribution in [0.4, 0.5) is 5.69 Å². The highest BCUT2D eigenvalue weighted by Gasteiger charge is 2.22. The standard InChI is InChI=1S/C27H24N2O3/c28-22-10-14-27(29-17-22)31-24-11-13-26-21(16-24)9-12-25(32-26)20-7-4-8-23(15-20)30-18-19-5-2-1-3-6-19/h1-8,10-11,13-17,25H,9,12,18,28H2. The van der Waals surface area contributed by atoms with Gasteiger partial charge in [0.05, 0.1) is 11.9 Å². The van der Waals surface area contributed by atoms with Gasteiger partial charge in [0.2, 0.25) is 5.88 Å². The molecule has 5 nitrogen and oxygen atoms in total. The van der Waals surface area contributed by atoms with Crippen molar-refractivity contribution < 1.29 is 14.2 Å². The van der Waals surface area contributed by atoms with E-state index in [1.54, 1.807) is 18.3 Å². The number of hydrogen-bond acceptors (Lipinski definition) is 5. The fourth-order valence-electron chi connectivity index (χ4n) is 3.78. The van der Waals surface area contributed by atoms with Crippen LogP contribution in [0, 0.1) is 0 Å². The number of hydrogen-bond donors (Lipinski definition) is 1. The van der Waals surface area contributed by atoms with Crippen molar-refractivity contribution in [1.82, 2.24) is 4.98 Å². The molecule has 0 bridgehead atoms. The second kappa shape index (κ2) is 9.02. The minimum Gasteiger partial charge on any atom is -0.489 e. The van der Waals surface area contributed by atoms with Crippen molar-refractivity contribution in [2.45, 2.75) is 25.6 Å². The normalized spacial score (nSPS) is 14.8. The number of nitrogen functional groups attached to an aromatic ring is 1. The van der Waals surface area contributed by atoms with Crippen LogP contribution in [0.3, 0.4) is 0 Å². The number of aryl methyl sites for hydroxylation is 1. The molecular weight excluding hydrogens is 400 g/mol.